The summed E-state index contributed by atoms with van der Waals surface area (Å²) in [6.45, 7) is 12.9. The van der Waals surface area contributed by atoms with Crippen molar-refractivity contribution >= 4 is 0 Å². The van der Waals surface area contributed by atoms with Gasteiger partial charge in [-0.1, -0.05) is 27.2 Å². The minimum absolute atomic E-state index is 0.156. The van der Waals surface area contributed by atoms with Crippen molar-refractivity contribution in [3.63, 3.8) is 0 Å². The van der Waals surface area contributed by atoms with Crippen molar-refractivity contribution in [2.45, 2.75) is 91.3 Å². The van der Waals surface area contributed by atoms with E-state index in [1.807, 2.05) is 20.8 Å². The van der Waals surface area contributed by atoms with Gasteiger partial charge in [-0.2, -0.15) is 0 Å². The van der Waals surface area contributed by atoms with Gasteiger partial charge >= 0.3 is 0 Å². The quantitative estimate of drug-likeness (QED) is 0.799. The van der Waals surface area contributed by atoms with E-state index in [1.165, 1.54) is 19.3 Å². The SMILES string of the molecule is CC(C)(O)C[C@H]1[C@]2(C)CCCC(C)(C)[C@@H]2CC[C@@]1(C)O. The maximum atomic E-state index is 11.0. The second-order valence-corrected chi connectivity index (χ2v) is 9.37. The molecule has 0 radical (unpaired) electrons. The standard InChI is InChI=1S/C18H34O2/c1-15(2)9-7-10-17(5)13(15)8-11-18(6,20)14(17)12-16(3,4)19/h13-14,19-20H,7-12H2,1-6H3/t13-,14-,17+,18+/m0/s1. The number of fused-ring (bicyclic) bond motifs is 1. The van der Waals surface area contributed by atoms with E-state index in [1.54, 1.807) is 0 Å². The molecular formula is C18H34O2. The summed E-state index contributed by atoms with van der Waals surface area (Å²) in [6.07, 6.45) is 6.43. The summed E-state index contributed by atoms with van der Waals surface area (Å²) in [5.41, 5.74) is -0.829. The fourth-order valence-electron chi connectivity index (χ4n) is 5.58. The van der Waals surface area contributed by atoms with Crippen molar-refractivity contribution in [2.75, 3.05) is 0 Å². The monoisotopic (exact) mass is 282 g/mol. The van der Waals surface area contributed by atoms with Gasteiger partial charge in [-0.3, -0.25) is 0 Å². The number of hydrogen-bond acceptors (Lipinski definition) is 2. The summed E-state index contributed by atoms with van der Waals surface area (Å²) in [4.78, 5) is 0. The van der Waals surface area contributed by atoms with Gasteiger partial charge in [0.2, 0.25) is 0 Å². The van der Waals surface area contributed by atoms with Crippen molar-refractivity contribution in [3.8, 4) is 0 Å². The predicted molar refractivity (Wildman–Crippen MR) is 83.5 cm³/mol. The lowest BCUT2D eigenvalue weighted by atomic mass is 9.44. The summed E-state index contributed by atoms with van der Waals surface area (Å²) < 4.78 is 0. The highest BCUT2D eigenvalue weighted by Crippen LogP contribution is 2.63. The molecule has 0 aromatic heterocycles. The van der Waals surface area contributed by atoms with Crippen LogP contribution in [0.15, 0.2) is 0 Å². The molecular weight excluding hydrogens is 248 g/mol. The van der Waals surface area contributed by atoms with Gasteiger partial charge in [-0.15, -0.1) is 0 Å². The molecule has 0 spiro atoms. The van der Waals surface area contributed by atoms with Crippen LogP contribution in [0.25, 0.3) is 0 Å². The molecule has 4 atom stereocenters. The van der Waals surface area contributed by atoms with Crippen LogP contribution in [0.5, 0.6) is 0 Å². The molecule has 2 aliphatic rings. The minimum atomic E-state index is -0.707. The molecule has 118 valence electrons. The van der Waals surface area contributed by atoms with Gasteiger partial charge in [0.1, 0.15) is 0 Å². The molecule has 0 aromatic carbocycles. The normalized spacial score (nSPS) is 45.0. The number of hydrogen-bond donors (Lipinski definition) is 2. The van der Waals surface area contributed by atoms with E-state index >= 15 is 0 Å². The summed E-state index contributed by atoms with van der Waals surface area (Å²) in [5.74, 6) is 0.852. The van der Waals surface area contributed by atoms with Crippen LogP contribution in [0.2, 0.25) is 0 Å². The Hall–Kier alpha value is -0.0800. The van der Waals surface area contributed by atoms with Gasteiger partial charge in [-0.05, 0) is 75.5 Å². The Kier molecular flexibility index (Phi) is 3.84. The molecule has 2 aliphatic carbocycles. The van der Waals surface area contributed by atoms with Crippen molar-refractivity contribution in [3.05, 3.63) is 0 Å². The average molecular weight is 282 g/mol. The summed E-state index contributed by atoms with van der Waals surface area (Å²) in [5, 5.41) is 21.3. The molecule has 2 nitrogen and oxygen atoms in total. The fraction of sp³-hybridized carbons (Fsp3) is 1.00. The molecule has 20 heavy (non-hydrogen) atoms. The van der Waals surface area contributed by atoms with Gasteiger partial charge in [-0.25, -0.2) is 0 Å². The van der Waals surface area contributed by atoms with E-state index in [4.69, 9.17) is 0 Å². The van der Waals surface area contributed by atoms with Crippen LogP contribution < -0.4 is 0 Å². The Morgan fingerprint density at radius 1 is 1.05 bits per heavy atom. The van der Waals surface area contributed by atoms with E-state index in [9.17, 15) is 10.2 Å². The zero-order valence-electron chi connectivity index (χ0n) is 14.3. The van der Waals surface area contributed by atoms with Gasteiger partial charge in [0.05, 0.1) is 11.2 Å². The molecule has 0 heterocycles. The fourth-order valence-corrected chi connectivity index (χ4v) is 5.58. The lowest BCUT2D eigenvalue weighted by Gasteiger charge is -2.62. The molecule has 0 saturated heterocycles. The van der Waals surface area contributed by atoms with E-state index in [0.717, 1.165) is 12.8 Å². The zero-order valence-corrected chi connectivity index (χ0v) is 14.3. The molecule has 2 rings (SSSR count). The molecule has 2 fully saturated rings. The maximum Gasteiger partial charge on any atom is 0.0654 e. The van der Waals surface area contributed by atoms with Crippen LogP contribution in [0.1, 0.15) is 80.1 Å². The van der Waals surface area contributed by atoms with Gasteiger partial charge in [0.15, 0.2) is 0 Å². The Bertz CT molecular complexity index is 364. The highest BCUT2D eigenvalue weighted by molar-refractivity contribution is 5.08. The highest BCUT2D eigenvalue weighted by atomic mass is 16.3. The maximum absolute atomic E-state index is 11.0. The van der Waals surface area contributed by atoms with E-state index < -0.39 is 11.2 Å². The van der Waals surface area contributed by atoms with Crippen LogP contribution in [0.4, 0.5) is 0 Å². The van der Waals surface area contributed by atoms with Crippen LogP contribution >= 0.6 is 0 Å². The number of rotatable bonds is 2. The first-order chi connectivity index (χ1) is 8.89. The Balaban J connectivity index is 2.38. The highest BCUT2D eigenvalue weighted by Gasteiger charge is 2.58. The van der Waals surface area contributed by atoms with Crippen molar-refractivity contribution in [1.82, 2.24) is 0 Å². The molecule has 2 heteroatoms. The molecule has 0 bridgehead atoms. The summed E-state index contributed by atoms with van der Waals surface area (Å²) in [6, 6.07) is 0. The zero-order chi connectivity index (χ0) is 15.4. The van der Waals surface area contributed by atoms with Crippen molar-refractivity contribution < 1.29 is 10.2 Å². The van der Waals surface area contributed by atoms with E-state index in [-0.39, 0.29) is 11.3 Å². The lowest BCUT2D eigenvalue weighted by Crippen LogP contribution is -2.58. The first kappa shape index (κ1) is 16.3. The summed E-state index contributed by atoms with van der Waals surface area (Å²) >= 11 is 0. The van der Waals surface area contributed by atoms with Crippen LogP contribution in [-0.2, 0) is 0 Å². The molecule has 0 amide bonds. The first-order valence-corrected chi connectivity index (χ1v) is 8.33. The van der Waals surface area contributed by atoms with Crippen LogP contribution in [0, 0.1) is 22.7 Å². The molecule has 0 unspecified atom stereocenters. The smallest absolute Gasteiger partial charge is 0.0654 e. The molecule has 2 saturated carbocycles. The molecule has 2 N–H and O–H groups in total. The topological polar surface area (TPSA) is 40.5 Å². The van der Waals surface area contributed by atoms with Crippen LogP contribution in [0.3, 0.4) is 0 Å². The van der Waals surface area contributed by atoms with E-state index in [0.29, 0.717) is 17.8 Å². The lowest BCUT2D eigenvalue weighted by molar-refractivity contribution is -0.183. The predicted octanol–water partition coefficient (Wildman–Crippen LogP) is 4.14. The second-order valence-electron chi connectivity index (χ2n) is 9.37. The Morgan fingerprint density at radius 3 is 2.20 bits per heavy atom. The van der Waals surface area contributed by atoms with Crippen LogP contribution in [-0.4, -0.2) is 21.4 Å². The third-order valence-electron chi connectivity index (χ3n) is 6.47. The van der Waals surface area contributed by atoms with Gasteiger partial charge in [0, 0.05) is 0 Å². The average Bonchev–Trinajstić information content (AvgIpc) is 2.21. The first-order valence-electron chi connectivity index (χ1n) is 8.33. The van der Waals surface area contributed by atoms with E-state index in [2.05, 4.69) is 20.8 Å². The third kappa shape index (κ3) is 2.78. The number of aliphatic hydroxyl groups is 2. The molecule has 0 aromatic rings. The largest absolute Gasteiger partial charge is 0.390 e. The summed E-state index contributed by atoms with van der Waals surface area (Å²) in [7, 11) is 0. The second kappa shape index (κ2) is 4.71. The Labute approximate surface area is 125 Å². The Morgan fingerprint density at radius 2 is 1.65 bits per heavy atom. The van der Waals surface area contributed by atoms with Gasteiger partial charge in [0.25, 0.3) is 0 Å². The van der Waals surface area contributed by atoms with Gasteiger partial charge < -0.3 is 10.2 Å². The van der Waals surface area contributed by atoms with Crippen molar-refractivity contribution in [1.29, 1.82) is 0 Å². The van der Waals surface area contributed by atoms with Crippen molar-refractivity contribution in [2.24, 2.45) is 22.7 Å². The third-order valence-corrected chi connectivity index (χ3v) is 6.47. The molecule has 0 aliphatic heterocycles. The minimum Gasteiger partial charge on any atom is -0.390 e.